The molecule has 1 saturated heterocycles. The Morgan fingerprint density at radius 1 is 0.964 bits per heavy atom. The Morgan fingerprint density at radius 3 is 2.39 bits per heavy atom. The zero-order valence-corrected chi connectivity index (χ0v) is 15.5. The number of hydrogen-bond acceptors (Lipinski definition) is 4. The first-order valence-corrected chi connectivity index (χ1v) is 9.65. The fourth-order valence-corrected chi connectivity index (χ4v) is 3.42. The van der Waals surface area contributed by atoms with Gasteiger partial charge < -0.3 is 20.0 Å². The monoisotopic (exact) mass is 381 g/mol. The van der Waals surface area contributed by atoms with Gasteiger partial charge in [0.25, 0.3) is 11.8 Å². The predicted octanol–water partition coefficient (Wildman–Crippen LogP) is 2.66. The van der Waals surface area contributed by atoms with Crippen LogP contribution in [0.2, 0.25) is 0 Å². The number of anilines is 1. The van der Waals surface area contributed by atoms with Gasteiger partial charge in [-0.05, 0) is 49.9 Å². The number of likely N-dealkylation sites (tertiary alicyclic amines) is 1. The number of carbonyl (C=O) groups is 3. The number of nitrogens with zero attached hydrogens (tertiary/aromatic N) is 1. The first kappa shape index (κ1) is 18.3. The molecule has 1 aliphatic carbocycles. The van der Waals surface area contributed by atoms with Gasteiger partial charge >= 0.3 is 0 Å². The topological polar surface area (TPSA) is 91.7 Å². The first-order valence-electron chi connectivity index (χ1n) is 9.65. The van der Waals surface area contributed by atoms with Gasteiger partial charge in [0, 0.05) is 25.0 Å². The molecule has 2 aliphatic rings. The van der Waals surface area contributed by atoms with Crippen LogP contribution >= 0.6 is 0 Å². The van der Waals surface area contributed by atoms with Gasteiger partial charge in [-0.3, -0.25) is 14.4 Å². The summed E-state index contributed by atoms with van der Waals surface area (Å²) in [7, 11) is 0. The number of nitrogens with one attached hydrogen (secondary N) is 2. The lowest BCUT2D eigenvalue weighted by molar-refractivity contribution is -0.121. The maximum Gasteiger partial charge on any atom is 0.289 e. The van der Waals surface area contributed by atoms with Gasteiger partial charge in [-0.25, -0.2) is 0 Å². The van der Waals surface area contributed by atoms with Crippen molar-refractivity contribution < 1.29 is 18.8 Å². The Labute approximate surface area is 163 Å². The lowest BCUT2D eigenvalue weighted by Crippen LogP contribution is -2.41. The number of hydrogen-bond donors (Lipinski definition) is 2. The normalized spacial score (nSPS) is 17.2. The zero-order chi connectivity index (χ0) is 19.5. The van der Waals surface area contributed by atoms with E-state index in [-0.39, 0.29) is 29.7 Å². The third-order valence-corrected chi connectivity index (χ3v) is 5.23. The van der Waals surface area contributed by atoms with Gasteiger partial charge in [-0.15, -0.1) is 0 Å². The van der Waals surface area contributed by atoms with Gasteiger partial charge in [0.2, 0.25) is 5.91 Å². The highest BCUT2D eigenvalue weighted by Gasteiger charge is 2.30. The predicted molar refractivity (Wildman–Crippen MR) is 103 cm³/mol. The smallest absolute Gasteiger partial charge is 0.289 e. The van der Waals surface area contributed by atoms with Crippen molar-refractivity contribution >= 4 is 23.4 Å². The number of benzene rings is 1. The summed E-state index contributed by atoms with van der Waals surface area (Å²) in [6.45, 7) is 1.00. The highest BCUT2D eigenvalue weighted by atomic mass is 16.3. The van der Waals surface area contributed by atoms with Crippen LogP contribution in [0.15, 0.2) is 47.1 Å². The second-order valence-corrected chi connectivity index (χ2v) is 7.33. The Balaban J connectivity index is 1.35. The molecule has 7 heteroatoms. The van der Waals surface area contributed by atoms with E-state index in [1.54, 1.807) is 41.3 Å². The molecule has 7 nitrogen and oxygen atoms in total. The number of amides is 3. The highest BCUT2D eigenvalue weighted by Crippen LogP contribution is 2.24. The first-order chi connectivity index (χ1) is 13.6. The van der Waals surface area contributed by atoms with Crippen LogP contribution in [0.4, 0.5) is 5.69 Å². The molecule has 1 saturated carbocycles. The molecule has 0 radical (unpaired) electrons. The zero-order valence-electron chi connectivity index (χ0n) is 15.5. The van der Waals surface area contributed by atoms with Gasteiger partial charge in [-0.2, -0.15) is 0 Å². The molecule has 1 aromatic heterocycles. The molecule has 2 fully saturated rings. The average molecular weight is 381 g/mol. The molecule has 0 atom stereocenters. The lowest BCUT2D eigenvalue weighted by atomic mass is 9.95. The Kier molecular flexibility index (Phi) is 5.14. The number of furan rings is 1. The van der Waals surface area contributed by atoms with Crippen molar-refractivity contribution in [2.45, 2.75) is 31.7 Å². The molecule has 3 amide bonds. The molecule has 146 valence electrons. The van der Waals surface area contributed by atoms with E-state index in [2.05, 4.69) is 10.6 Å². The standard InChI is InChI=1S/C21H23N3O4/c25-19(14-9-11-24(12-10-14)21(27)18-6-3-13-28-18)23-17-5-2-1-4-16(17)20(26)22-15-7-8-15/h1-6,13-15H,7-12H2,(H,22,26)(H,23,25). The molecule has 1 aromatic carbocycles. The van der Waals surface area contributed by atoms with Crippen molar-refractivity contribution in [1.29, 1.82) is 0 Å². The Bertz CT molecular complexity index is 866. The fraction of sp³-hybridized carbons (Fsp3) is 0.381. The average Bonchev–Trinajstić information content (AvgIpc) is 3.36. The maximum absolute atomic E-state index is 12.7. The molecular weight excluding hydrogens is 358 g/mol. The summed E-state index contributed by atoms with van der Waals surface area (Å²) in [4.78, 5) is 39.1. The molecule has 28 heavy (non-hydrogen) atoms. The molecule has 2 N–H and O–H groups in total. The summed E-state index contributed by atoms with van der Waals surface area (Å²) >= 11 is 0. The van der Waals surface area contributed by atoms with E-state index >= 15 is 0 Å². The van der Waals surface area contributed by atoms with E-state index in [0.29, 0.717) is 42.9 Å². The molecule has 1 aliphatic heterocycles. The third-order valence-electron chi connectivity index (χ3n) is 5.23. The van der Waals surface area contributed by atoms with Crippen LogP contribution in [0.5, 0.6) is 0 Å². The van der Waals surface area contributed by atoms with Crippen LogP contribution in [-0.4, -0.2) is 41.8 Å². The van der Waals surface area contributed by atoms with E-state index in [1.807, 2.05) is 0 Å². The molecular formula is C21H23N3O4. The van der Waals surface area contributed by atoms with Crippen LogP contribution in [0.25, 0.3) is 0 Å². The van der Waals surface area contributed by atoms with Crippen LogP contribution in [-0.2, 0) is 4.79 Å². The maximum atomic E-state index is 12.7. The Morgan fingerprint density at radius 2 is 1.71 bits per heavy atom. The van der Waals surface area contributed by atoms with Crippen molar-refractivity contribution in [3.63, 3.8) is 0 Å². The summed E-state index contributed by atoms with van der Waals surface area (Å²) in [5, 5.41) is 5.86. The number of rotatable bonds is 5. The summed E-state index contributed by atoms with van der Waals surface area (Å²) < 4.78 is 5.16. The molecule has 2 aromatic rings. The molecule has 2 heterocycles. The van der Waals surface area contributed by atoms with Crippen molar-refractivity contribution in [2.24, 2.45) is 5.92 Å². The SMILES string of the molecule is O=C(NC1CC1)c1ccccc1NC(=O)C1CCN(C(=O)c2ccco2)CC1. The molecule has 0 bridgehead atoms. The van der Waals surface area contributed by atoms with E-state index in [0.717, 1.165) is 12.8 Å². The quantitative estimate of drug-likeness (QED) is 0.833. The van der Waals surface area contributed by atoms with Crippen LogP contribution < -0.4 is 10.6 Å². The van der Waals surface area contributed by atoms with Crippen molar-refractivity contribution in [1.82, 2.24) is 10.2 Å². The summed E-state index contributed by atoms with van der Waals surface area (Å²) in [5.41, 5.74) is 1.01. The van der Waals surface area contributed by atoms with Crippen molar-refractivity contribution in [3.05, 3.63) is 54.0 Å². The fourth-order valence-electron chi connectivity index (χ4n) is 3.42. The second kappa shape index (κ2) is 7.88. The Hall–Kier alpha value is -3.09. The van der Waals surface area contributed by atoms with Gasteiger partial charge in [-0.1, -0.05) is 12.1 Å². The summed E-state index contributed by atoms with van der Waals surface area (Å²) in [5.74, 6) is -0.293. The van der Waals surface area contributed by atoms with Gasteiger partial charge in [0.1, 0.15) is 0 Å². The molecule has 0 spiro atoms. The minimum absolute atomic E-state index is 0.114. The van der Waals surface area contributed by atoms with Crippen LogP contribution in [0.3, 0.4) is 0 Å². The van der Waals surface area contributed by atoms with E-state index in [4.69, 9.17) is 4.42 Å². The third kappa shape index (κ3) is 4.08. The van der Waals surface area contributed by atoms with Crippen LogP contribution in [0, 0.1) is 5.92 Å². The molecule has 4 rings (SSSR count). The summed E-state index contributed by atoms with van der Waals surface area (Å²) in [6, 6.07) is 10.6. The van der Waals surface area contributed by atoms with Crippen LogP contribution in [0.1, 0.15) is 46.6 Å². The van der Waals surface area contributed by atoms with Gasteiger partial charge in [0.15, 0.2) is 5.76 Å². The number of carbonyl (C=O) groups excluding carboxylic acids is 3. The lowest BCUT2D eigenvalue weighted by Gasteiger charge is -2.30. The number of para-hydroxylation sites is 1. The van der Waals surface area contributed by atoms with E-state index in [1.165, 1.54) is 6.26 Å². The second-order valence-electron chi connectivity index (χ2n) is 7.33. The van der Waals surface area contributed by atoms with Gasteiger partial charge in [0.05, 0.1) is 17.5 Å². The highest BCUT2D eigenvalue weighted by molar-refractivity contribution is 6.04. The van der Waals surface area contributed by atoms with E-state index in [9.17, 15) is 14.4 Å². The van der Waals surface area contributed by atoms with Crippen molar-refractivity contribution in [2.75, 3.05) is 18.4 Å². The summed E-state index contributed by atoms with van der Waals surface area (Å²) in [6.07, 6.45) is 4.65. The largest absolute Gasteiger partial charge is 0.459 e. The molecule has 0 unspecified atom stereocenters. The number of piperidine rings is 1. The van der Waals surface area contributed by atoms with E-state index < -0.39 is 0 Å². The minimum atomic E-state index is -0.194. The minimum Gasteiger partial charge on any atom is -0.459 e. The van der Waals surface area contributed by atoms with Crippen molar-refractivity contribution in [3.8, 4) is 0 Å².